The van der Waals surface area contributed by atoms with Gasteiger partial charge in [0.05, 0.1) is 7.11 Å². The summed E-state index contributed by atoms with van der Waals surface area (Å²) in [7, 11) is 1.57. The lowest BCUT2D eigenvalue weighted by Gasteiger charge is -2.21. The molecule has 0 unspecified atom stereocenters. The van der Waals surface area contributed by atoms with Gasteiger partial charge >= 0.3 is 0 Å². The molecule has 0 aliphatic carbocycles. The smallest absolute Gasteiger partial charge is 0.260 e. The number of methoxy groups -OCH3 is 1. The van der Waals surface area contributed by atoms with E-state index in [2.05, 4.69) is 0 Å². The van der Waals surface area contributed by atoms with Crippen molar-refractivity contribution in [2.24, 2.45) is 0 Å². The van der Waals surface area contributed by atoms with Gasteiger partial charge in [-0.15, -0.1) is 0 Å². The van der Waals surface area contributed by atoms with Crippen LogP contribution in [0.4, 0.5) is 8.78 Å². The molecule has 0 saturated carbocycles. The minimum atomic E-state index is -0.849. The third-order valence-corrected chi connectivity index (χ3v) is 3.38. The summed E-state index contributed by atoms with van der Waals surface area (Å²) >= 11 is 0. The fourth-order valence-corrected chi connectivity index (χ4v) is 2.14. The lowest BCUT2D eigenvalue weighted by Crippen LogP contribution is -2.31. The van der Waals surface area contributed by atoms with Gasteiger partial charge in [-0.05, 0) is 36.8 Å². The summed E-state index contributed by atoms with van der Waals surface area (Å²) in [5.41, 5.74) is 0.339. The van der Waals surface area contributed by atoms with E-state index in [4.69, 9.17) is 4.74 Å². The van der Waals surface area contributed by atoms with E-state index in [-0.39, 0.29) is 6.54 Å². The molecule has 0 saturated heterocycles. The van der Waals surface area contributed by atoms with Crippen LogP contribution in [-0.2, 0) is 6.54 Å². The van der Waals surface area contributed by atoms with Gasteiger partial charge < -0.3 is 9.64 Å². The number of amides is 1. The van der Waals surface area contributed by atoms with Crippen molar-refractivity contribution in [1.29, 1.82) is 0 Å². The molecule has 5 heteroatoms. The van der Waals surface area contributed by atoms with Crippen molar-refractivity contribution in [2.45, 2.75) is 13.5 Å². The number of carbonyl (C=O) groups is 1. The Labute approximate surface area is 128 Å². The Kier molecular flexibility index (Phi) is 5.09. The van der Waals surface area contributed by atoms with Gasteiger partial charge in [-0.25, -0.2) is 8.78 Å². The van der Waals surface area contributed by atoms with Crippen molar-refractivity contribution in [1.82, 2.24) is 4.90 Å². The molecular weight excluding hydrogens is 288 g/mol. The molecule has 0 radical (unpaired) electrons. The minimum absolute atomic E-state index is 0.271. The average Bonchev–Trinajstić information content (AvgIpc) is 2.52. The number of rotatable bonds is 5. The van der Waals surface area contributed by atoms with Gasteiger partial charge in [-0.2, -0.15) is 0 Å². The van der Waals surface area contributed by atoms with Crippen LogP contribution in [0.25, 0.3) is 0 Å². The van der Waals surface area contributed by atoms with E-state index >= 15 is 0 Å². The second kappa shape index (κ2) is 7.02. The van der Waals surface area contributed by atoms with Gasteiger partial charge in [0.2, 0.25) is 0 Å². The summed E-state index contributed by atoms with van der Waals surface area (Å²) in [6.07, 6.45) is 0. The van der Waals surface area contributed by atoms with Crippen LogP contribution >= 0.6 is 0 Å². The van der Waals surface area contributed by atoms with E-state index in [1.807, 2.05) is 12.1 Å². The highest BCUT2D eigenvalue weighted by Crippen LogP contribution is 2.18. The predicted molar refractivity (Wildman–Crippen MR) is 79.8 cm³/mol. The first-order valence-corrected chi connectivity index (χ1v) is 6.93. The molecule has 2 aromatic carbocycles. The zero-order valence-electron chi connectivity index (χ0n) is 12.5. The molecule has 2 aromatic rings. The van der Waals surface area contributed by atoms with Gasteiger partial charge in [0.15, 0.2) is 0 Å². The molecule has 116 valence electrons. The molecule has 0 spiro atoms. The van der Waals surface area contributed by atoms with E-state index in [1.165, 1.54) is 11.0 Å². The van der Waals surface area contributed by atoms with Gasteiger partial charge in [-0.1, -0.05) is 18.2 Å². The third kappa shape index (κ3) is 3.42. The zero-order valence-corrected chi connectivity index (χ0v) is 12.5. The molecule has 3 nitrogen and oxygen atoms in total. The highest BCUT2D eigenvalue weighted by molar-refractivity contribution is 5.94. The predicted octanol–water partition coefficient (Wildman–Crippen LogP) is 3.64. The molecule has 0 aliphatic rings. The number of halogens is 2. The van der Waals surface area contributed by atoms with E-state index in [1.54, 1.807) is 26.2 Å². The Morgan fingerprint density at radius 3 is 2.18 bits per heavy atom. The Bertz CT molecular complexity index is 636. The van der Waals surface area contributed by atoms with E-state index < -0.39 is 23.1 Å². The van der Waals surface area contributed by atoms with Crippen LogP contribution in [0.5, 0.6) is 5.75 Å². The number of hydrogen-bond acceptors (Lipinski definition) is 2. The largest absolute Gasteiger partial charge is 0.497 e. The molecular formula is C17H17F2NO2. The van der Waals surface area contributed by atoms with Crippen LogP contribution < -0.4 is 4.74 Å². The van der Waals surface area contributed by atoms with Crippen LogP contribution in [0, 0.1) is 11.6 Å². The monoisotopic (exact) mass is 305 g/mol. The van der Waals surface area contributed by atoms with Crippen molar-refractivity contribution >= 4 is 5.91 Å². The van der Waals surface area contributed by atoms with Crippen molar-refractivity contribution in [2.75, 3.05) is 13.7 Å². The number of benzene rings is 2. The first-order valence-electron chi connectivity index (χ1n) is 6.93. The summed E-state index contributed by atoms with van der Waals surface area (Å²) < 4.78 is 32.5. The molecule has 0 atom stereocenters. The standard InChI is InChI=1S/C17H17F2NO2/c1-3-20(11-12-7-9-13(22-2)10-8-12)17(21)16-14(18)5-4-6-15(16)19/h4-10H,3,11H2,1-2H3. The Hall–Kier alpha value is -2.43. The quantitative estimate of drug-likeness (QED) is 0.844. The molecule has 2 rings (SSSR count). The average molecular weight is 305 g/mol. The lowest BCUT2D eigenvalue weighted by atomic mass is 10.1. The van der Waals surface area contributed by atoms with E-state index in [0.29, 0.717) is 12.3 Å². The van der Waals surface area contributed by atoms with E-state index in [9.17, 15) is 13.6 Å². The van der Waals surface area contributed by atoms with Crippen molar-refractivity contribution in [3.8, 4) is 5.75 Å². The summed E-state index contributed by atoms with van der Waals surface area (Å²) in [6.45, 7) is 2.38. The van der Waals surface area contributed by atoms with Crippen LogP contribution in [0.1, 0.15) is 22.8 Å². The van der Waals surface area contributed by atoms with E-state index in [0.717, 1.165) is 17.7 Å². The van der Waals surface area contributed by atoms with Gasteiger partial charge in [0.25, 0.3) is 5.91 Å². The number of nitrogens with zero attached hydrogens (tertiary/aromatic N) is 1. The fraction of sp³-hybridized carbons (Fsp3) is 0.235. The summed E-state index contributed by atoms with van der Waals surface area (Å²) in [5.74, 6) is -1.65. The number of carbonyl (C=O) groups excluding carboxylic acids is 1. The molecule has 1 amide bonds. The maximum atomic E-state index is 13.7. The van der Waals surface area contributed by atoms with Crippen molar-refractivity contribution in [3.05, 3.63) is 65.2 Å². The normalized spacial score (nSPS) is 10.4. The van der Waals surface area contributed by atoms with Crippen LogP contribution in [0.15, 0.2) is 42.5 Å². The Morgan fingerprint density at radius 2 is 1.68 bits per heavy atom. The van der Waals surface area contributed by atoms with Crippen LogP contribution in [0.2, 0.25) is 0 Å². The maximum Gasteiger partial charge on any atom is 0.260 e. The van der Waals surface area contributed by atoms with Crippen molar-refractivity contribution in [3.63, 3.8) is 0 Å². The fourth-order valence-electron chi connectivity index (χ4n) is 2.14. The summed E-state index contributed by atoms with van der Waals surface area (Å²) in [5, 5.41) is 0. The zero-order chi connectivity index (χ0) is 16.1. The molecule has 0 bridgehead atoms. The molecule has 0 aromatic heterocycles. The topological polar surface area (TPSA) is 29.5 Å². The molecule has 0 aliphatic heterocycles. The minimum Gasteiger partial charge on any atom is -0.497 e. The highest BCUT2D eigenvalue weighted by atomic mass is 19.1. The first-order chi connectivity index (χ1) is 10.6. The lowest BCUT2D eigenvalue weighted by molar-refractivity contribution is 0.0742. The maximum absolute atomic E-state index is 13.7. The van der Waals surface area contributed by atoms with Crippen LogP contribution in [0.3, 0.4) is 0 Å². The Balaban J connectivity index is 2.22. The van der Waals surface area contributed by atoms with Gasteiger partial charge in [0, 0.05) is 13.1 Å². The molecule has 22 heavy (non-hydrogen) atoms. The SMILES string of the molecule is CCN(Cc1ccc(OC)cc1)C(=O)c1c(F)cccc1F. The highest BCUT2D eigenvalue weighted by Gasteiger charge is 2.22. The van der Waals surface area contributed by atoms with Gasteiger partial charge in [-0.3, -0.25) is 4.79 Å². The van der Waals surface area contributed by atoms with Crippen molar-refractivity contribution < 1.29 is 18.3 Å². The third-order valence-electron chi connectivity index (χ3n) is 3.38. The molecule has 0 heterocycles. The number of hydrogen-bond donors (Lipinski definition) is 0. The molecule has 0 N–H and O–H groups in total. The van der Waals surface area contributed by atoms with Crippen LogP contribution in [-0.4, -0.2) is 24.5 Å². The Morgan fingerprint density at radius 1 is 1.09 bits per heavy atom. The summed E-state index contributed by atoms with van der Waals surface area (Å²) in [6, 6.07) is 10.6. The summed E-state index contributed by atoms with van der Waals surface area (Å²) in [4.78, 5) is 13.8. The first kappa shape index (κ1) is 15.9. The second-order valence-electron chi connectivity index (χ2n) is 4.76. The molecule has 0 fully saturated rings. The second-order valence-corrected chi connectivity index (χ2v) is 4.76. The number of ether oxygens (including phenoxy) is 1. The van der Waals surface area contributed by atoms with Gasteiger partial charge in [0.1, 0.15) is 22.9 Å².